The minimum atomic E-state index is -0.887. The predicted molar refractivity (Wildman–Crippen MR) is 77.1 cm³/mol. The number of rotatable bonds is 4. The van der Waals surface area contributed by atoms with E-state index in [0.717, 1.165) is 23.3 Å². The standard InChI is InChI=1S/C15H19NO2S/c17-15(18)7-6-13-4-5-14(19-13)10-16-8-11-2-1-3-12(11)9-16/h4-7,11-12H,1-3,8-10H2,(H,17,18)/b7-6+. The molecule has 3 nitrogen and oxygen atoms in total. The highest BCUT2D eigenvalue weighted by Gasteiger charge is 2.35. The van der Waals surface area contributed by atoms with E-state index in [1.54, 1.807) is 17.4 Å². The van der Waals surface area contributed by atoms with Crippen LogP contribution >= 0.6 is 11.3 Å². The number of nitrogens with zero attached hydrogens (tertiary/aromatic N) is 1. The minimum absolute atomic E-state index is 0.887. The largest absolute Gasteiger partial charge is 0.478 e. The molecule has 3 rings (SSSR count). The van der Waals surface area contributed by atoms with E-state index >= 15 is 0 Å². The SMILES string of the molecule is O=C(O)/C=C/c1ccc(CN2CC3CCCC3C2)s1. The summed E-state index contributed by atoms with van der Waals surface area (Å²) in [5, 5.41) is 8.61. The maximum absolute atomic E-state index is 10.5. The lowest BCUT2D eigenvalue weighted by molar-refractivity contribution is -0.131. The zero-order valence-electron chi connectivity index (χ0n) is 10.9. The summed E-state index contributed by atoms with van der Waals surface area (Å²) in [6.07, 6.45) is 7.13. The Bertz CT molecular complexity index is 482. The second kappa shape index (κ2) is 5.47. The first-order chi connectivity index (χ1) is 9.20. The fraction of sp³-hybridized carbons (Fsp3) is 0.533. The van der Waals surface area contributed by atoms with Crippen LogP contribution < -0.4 is 0 Å². The van der Waals surface area contributed by atoms with Gasteiger partial charge in [-0.1, -0.05) is 6.42 Å². The number of carboxylic acid groups (broad SMARTS) is 1. The fourth-order valence-corrected chi connectivity index (χ4v) is 4.36. The maximum Gasteiger partial charge on any atom is 0.328 e. The third kappa shape index (κ3) is 3.07. The Hall–Kier alpha value is -1.13. The van der Waals surface area contributed by atoms with Gasteiger partial charge in [-0.25, -0.2) is 4.79 Å². The maximum atomic E-state index is 10.5. The van der Waals surface area contributed by atoms with Crippen LogP contribution in [0.25, 0.3) is 6.08 Å². The quantitative estimate of drug-likeness (QED) is 0.860. The molecule has 2 atom stereocenters. The third-order valence-corrected chi connectivity index (χ3v) is 5.29. The van der Waals surface area contributed by atoms with Gasteiger partial charge in [0.05, 0.1) is 0 Å². The topological polar surface area (TPSA) is 40.5 Å². The summed E-state index contributed by atoms with van der Waals surface area (Å²) in [7, 11) is 0. The summed E-state index contributed by atoms with van der Waals surface area (Å²) < 4.78 is 0. The van der Waals surface area contributed by atoms with E-state index in [2.05, 4.69) is 11.0 Å². The molecule has 0 aromatic carbocycles. The lowest BCUT2D eigenvalue weighted by Gasteiger charge is -2.15. The van der Waals surface area contributed by atoms with Crippen molar-refractivity contribution >= 4 is 23.4 Å². The van der Waals surface area contributed by atoms with Gasteiger partial charge in [0.15, 0.2) is 0 Å². The molecule has 1 aliphatic heterocycles. The normalized spacial score (nSPS) is 27.2. The second-order valence-electron chi connectivity index (χ2n) is 5.62. The molecule has 0 radical (unpaired) electrons. The van der Waals surface area contributed by atoms with Gasteiger partial charge in [-0.2, -0.15) is 0 Å². The molecule has 4 heteroatoms. The lowest BCUT2D eigenvalue weighted by Crippen LogP contribution is -2.20. The summed E-state index contributed by atoms with van der Waals surface area (Å²) in [6.45, 7) is 3.53. The zero-order valence-corrected chi connectivity index (χ0v) is 11.7. The zero-order chi connectivity index (χ0) is 13.2. The third-order valence-electron chi connectivity index (χ3n) is 4.25. The van der Waals surface area contributed by atoms with Gasteiger partial charge < -0.3 is 5.11 Å². The van der Waals surface area contributed by atoms with Crippen LogP contribution in [0.4, 0.5) is 0 Å². The molecular weight excluding hydrogens is 258 g/mol. The van der Waals surface area contributed by atoms with Crippen LogP contribution in [0, 0.1) is 11.8 Å². The number of likely N-dealkylation sites (tertiary alicyclic amines) is 1. The molecule has 1 saturated heterocycles. The van der Waals surface area contributed by atoms with Crippen molar-refractivity contribution in [1.82, 2.24) is 4.90 Å². The van der Waals surface area contributed by atoms with Gasteiger partial charge in [-0.05, 0) is 42.9 Å². The monoisotopic (exact) mass is 277 g/mol. The summed E-state index contributed by atoms with van der Waals surface area (Å²) in [5.74, 6) is 0.986. The average molecular weight is 277 g/mol. The van der Waals surface area contributed by atoms with E-state index in [0.29, 0.717) is 0 Å². The Morgan fingerprint density at radius 3 is 2.79 bits per heavy atom. The van der Waals surface area contributed by atoms with Crippen molar-refractivity contribution in [3.8, 4) is 0 Å². The van der Waals surface area contributed by atoms with E-state index < -0.39 is 5.97 Å². The van der Waals surface area contributed by atoms with E-state index in [9.17, 15) is 4.79 Å². The number of aliphatic carboxylic acids is 1. The van der Waals surface area contributed by atoms with Gasteiger partial charge in [-0.3, -0.25) is 4.90 Å². The molecule has 2 fully saturated rings. The van der Waals surface area contributed by atoms with Crippen molar-refractivity contribution in [2.45, 2.75) is 25.8 Å². The van der Waals surface area contributed by atoms with Gasteiger partial charge in [-0.15, -0.1) is 11.3 Å². The minimum Gasteiger partial charge on any atom is -0.478 e. The van der Waals surface area contributed by atoms with Crippen LogP contribution in [0.15, 0.2) is 18.2 Å². The van der Waals surface area contributed by atoms with Crippen LogP contribution in [0.5, 0.6) is 0 Å². The number of hydrogen-bond donors (Lipinski definition) is 1. The first kappa shape index (κ1) is 12.9. The highest BCUT2D eigenvalue weighted by Crippen LogP contribution is 2.38. The Balaban J connectivity index is 1.57. The van der Waals surface area contributed by atoms with Crippen molar-refractivity contribution in [2.24, 2.45) is 11.8 Å². The highest BCUT2D eigenvalue weighted by molar-refractivity contribution is 7.12. The van der Waals surface area contributed by atoms with Crippen LogP contribution in [-0.2, 0) is 11.3 Å². The Labute approximate surface area is 117 Å². The number of hydrogen-bond acceptors (Lipinski definition) is 3. The molecule has 1 aliphatic carbocycles. The molecule has 1 N–H and O–H groups in total. The van der Waals surface area contributed by atoms with Crippen LogP contribution in [-0.4, -0.2) is 29.1 Å². The second-order valence-corrected chi connectivity index (χ2v) is 6.82. The van der Waals surface area contributed by atoms with Crippen LogP contribution in [0.1, 0.15) is 29.0 Å². The van der Waals surface area contributed by atoms with Gasteiger partial charge >= 0.3 is 5.97 Å². The Kier molecular flexibility index (Phi) is 3.71. The molecule has 0 bridgehead atoms. The summed E-state index contributed by atoms with van der Waals surface area (Å²) in [6, 6.07) is 4.14. The number of fused-ring (bicyclic) bond motifs is 1. The van der Waals surface area contributed by atoms with Gasteiger partial charge in [0.2, 0.25) is 0 Å². The van der Waals surface area contributed by atoms with Crippen molar-refractivity contribution in [1.29, 1.82) is 0 Å². The first-order valence-corrected chi connectivity index (χ1v) is 7.74. The summed E-state index contributed by atoms with van der Waals surface area (Å²) in [4.78, 5) is 15.4. The Morgan fingerprint density at radius 2 is 2.11 bits per heavy atom. The van der Waals surface area contributed by atoms with Crippen molar-refractivity contribution < 1.29 is 9.90 Å². The first-order valence-electron chi connectivity index (χ1n) is 6.93. The fourth-order valence-electron chi connectivity index (χ4n) is 3.40. The number of carboxylic acids is 1. The average Bonchev–Trinajstić information content (AvgIpc) is 3.02. The van der Waals surface area contributed by atoms with E-state index in [4.69, 9.17) is 5.11 Å². The molecule has 2 aliphatic rings. The van der Waals surface area contributed by atoms with Gasteiger partial charge in [0.1, 0.15) is 0 Å². The van der Waals surface area contributed by atoms with Crippen molar-refractivity contribution in [3.63, 3.8) is 0 Å². The molecule has 1 aromatic rings. The molecule has 2 unspecified atom stereocenters. The molecule has 102 valence electrons. The molecule has 0 amide bonds. The Morgan fingerprint density at radius 1 is 1.37 bits per heavy atom. The molecular formula is C15H19NO2S. The molecule has 2 heterocycles. The van der Waals surface area contributed by atoms with E-state index in [1.165, 1.54) is 43.3 Å². The molecule has 1 saturated carbocycles. The molecule has 0 spiro atoms. The van der Waals surface area contributed by atoms with Gasteiger partial charge in [0.25, 0.3) is 0 Å². The summed E-state index contributed by atoms with van der Waals surface area (Å²) >= 11 is 1.70. The highest BCUT2D eigenvalue weighted by atomic mass is 32.1. The van der Waals surface area contributed by atoms with E-state index in [-0.39, 0.29) is 0 Å². The lowest BCUT2D eigenvalue weighted by atomic mass is 10.0. The van der Waals surface area contributed by atoms with E-state index in [1.807, 2.05) is 6.07 Å². The molecule has 19 heavy (non-hydrogen) atoms. The smallest absolute Gasteiger partial charge is 0.328 e. The van der Waals surface area contributed by atoms with Crippen LogP contribution in [0.2, 0.25) is 0 Å². The predicted octanol–water partition coefficient (Wildman–Crippen LogP) is 3.08. The molecule has 1 aromatic heterocycles. The van der Waals surface area contributed by atoms with Crippen LogP contribution in [0.3, 0.4) is 0 Å². The van der Waals surface area contributed by atoms with Crippen molar-refractivity contribution in [3.05, 3.63) is 28.0 Å². The van der Waals surface area contributed by atoms with Crippen molar-refractivity contribution in [2.75, 3.05) is 13.1 Å². The number of thiophene rings is 1. The summed E-state index contributed by atoms with van der Waals surface area (Å²) in [5.41, 5.74) is 0. The number of carbonyl (C=O) groups is 1. The van der Waals surface area contributed by atoms with Gasteiger partial charge in [0, 0.05) is 35.5 Å².